The number of unbranched alkanes of at least 4 members (excludes halogenated alkanes) is 2. The van der Waals surface area contributed by atoms with Crippen LogP contribution in [0.1, 0.15) is 68.1 Å². The Morgan fingerprint density at radius 2 is 1.57 bits per heavy atom. The van der Waals surface area contributed by atoms with Crippen molar-refractivity contribution in [2.24, 2.45) is 0 Å². The second-order valence-electron chi connectivity index (χ2n) is 12.1. The van der Waals surface area contributed by atoms with Crippen LogP contribution in [0, 0.1) is 0 Å². The molecular formula is C33H41N5O6. The lowest BCUT2D eigenvalue weighted by Gasteiger charge is -2.40. The van der Waals surface area contributed by atoms with E-state index in [-0.39, 0.29) is 37.5 Å². The highest BCUT2D eigenvalue weighted by molar-refractivity contribution is 6.00. The Labute approximate surface area is 257 Å². The Kier molecular flexibility index (Phi) is 9.94. The molecule has 0 aromatic heterocycles. The van der Waals surface area contributed by atoms with Gasteiger partial charge in [-0.05, 0) is 48.8 Å². The quantitative estimate of drug-likeness (QED) is 0.176. The predicted octanol–water partition coefficient (Wildman–Crippen LogP) is 1.70. The molecule has 44 heavy (non-hydrogen) atoms. The maximum absolute atomic E-state index is 14.3. The van der Waals surface area contributed by atoms with Crippen molar-refractivity contribution in [2.75, 3.05) is 6.54 Å². The smallest absolute Gasteiger partial charge is 0.247 e. The van der Waals surface area contributed by atoms with Gasteiger partial charge in [0.05, 0.1) is 0 Å². The maximum Gasteiger partial charge on any atom is 0.247 e. The van der Waals surface area contributed by atoms with Gasteiger partial charge in [0.2, 0.25) is 29.5 Å². The van der Waals surface area contributed by atoms with Crippen molar-refractivity contribution < 1.29 is 29.2 Å². The van der Waals surface area contributed by atoms with E-state index >= 15 is 0 Å². The predicted molar refractivity (Wildman–Crippen MR) is 161 cm³/mol. The number of nitrogens with zero attached hydrogens (tertiary/aromatic N) is 1. The first kappa shape index (κ1) is 31.2. The number of hydrogen-bond donors (Lipinski definition) is 5. The van der Waals surface area contributed by atoms with Gasteiger partial charge in [-0.2, -0.15) is 0 Å². The largest absolute Gasteiger partial charge is 0.343 e. The number of hydrogen-bond acceptors (Lipinski definition) is 6. The molecule has 2 aliphatic heterocycles. The molecule has 234 valence electrons. The summed E-state index contributed by atoms with van der Waals surface area (Å²) < 4.78 is 0. The third-order valence-electron chi connectivity index (χ3n) is 9.03. The van der Waals surface area contributed by atoms with Crippen molar-refractivity contribution in [1.29, 1.82) is 0 Å². The van der Waals surface area contributed by atoms with Crippen molar-refractivity contribution in [3.63, 3.8) is 0 Å². The maximum atomic E-state index is 14.3. The fraction of sp³-hybridized carbons (Fsp3) is 0.485. The summed E-state index contributed by atoms with van der Waals surface area (Å²) in [6.45, 7) is 0.387. The van der Waals surface area contributed by atoms with Gasteiger partial charge >= 0.3 is 0 Å². The number of carbonyl (C=O) groups is 5. The summed E-state index contributed by atoms with van der Waals surface area (Å²) in [6.07, 6.45) is 4.82. The van der Waals surface area contributed by atoms with Gasteiger partial charge in [0.1, 0.15) is 23.7 Å². The second-order valence-corrected chi connectivity index (χ2v) is 12.1. The Bertz CT molecular complexity index is 1360. The van der Waals surface area contributed by atoms with Crippen molar-refractivity contribution in [1.82, 2.24) is 26.3 Å². The minimum absolute atomic E-state index is 0.143. The van der Waals surface area contributed by atoms with Gasteiger partial charge in [-0.25, -0.2) is 5.48 Å². The molecule has 0 saturated carbocycles. The van der Waals surface area contributed by atoms with Crippen molar-refractivity contribution in [2.45, 2.75) is 94.3 Å². The first-order chi connectivity index (χ1) is 21.3. The zero-order valence-electron chi connectivity index (χ0n) is 24.8. The van der Waals surface area contributed by atoms with Crippen molar-refractivity contribution in [3.8, 4) is 0 Å². The Hall–Kier alpha value is -4.25. The van der Waals surface area contributed by atoms with Crippen LogP contribution >= 0.6 is 0 Å². The van der Waals surface area contributed by atoms with Crippen LogP contribution in [0.4, 0.5) is 0 Å². The lowest BCUT2D eigenvalue weighted by Crippen LogP contribution is -2.68. The number of carbonyl (C=O) groups excluding carboxylic acids is 5. The lowest BCUT2D eigenvalue weighted by molar-refractivity contribution is -0.147. The molecule has 5 rings (SSSR count). The first-order valence-corrected chi connectivity index (χ1v) is 15.6. The molecule has 11 nitrogen and oxygen atoms in total. The van der Waals surface area contributed by atoms with E-state index in [0.717, 1.165) is 29.5 Å². The van der Waals surface area contributed by atoms with E-state index < -0.39 is 41.4 Å². The molecule has 5 N–H and O–H groups in total. The summed E-state index contributed by atoms with van der Waals surface area (Å²) in [5.74, 6) is -2.05. The number of fused-ring (bicyclic) bond motifs is 2. The van der Waals surface area contributed by atoms with Gasteiger partial charge in [0.15, 0.2) is 0 Å². The second kappa shape index (κ2) is 14.0. The number of nitrogens with one attached hydrogen (secondary N) is 4. The van der Waals surface area contributed by atoms with E-state index in [1.807, 2.05) is 54.6 Å². The zero-order valence-corrected chi connectivity index (χ0v) is 24.8. The molecule has 2 heterocycles. The van der Waals surface area contributed by atoms with Crippen molar-refractivity contribution >= 4 is 29.5 Å². The van der Waals surface area contributed by atoms with Crippen LogP contribution in [-0.4, -0.2) is 69.9 Å². The number of piperidine rings is 1. The fourth-order valence-electron chi connectivity index (χ4n) is 6.66. The molecule has 3 aliphatic rings. The van der Waals surface area contributed by atoms with E-state index in [0.29, 0.717) is 38.6 Å². The highest BCUT2D eigenvalue weighted by Gasteiger charge is 2.48. The molecule has 0 radical (unpaired) electrons. The van der Waals surface area contributed by atoms with E-state index in [1.54, 1.807) is 10.4 Å². The molecular weight excluding hydrogens is 562 g/mol. The molecule has 2 aromatic carbocycles. The van der Waals surface area contributed by atoms with Gasteiger partial charge in [-0.15, -0.1) is 0 Å². The molecule has 0 unspecified atom stereocenters. The van der Waals surface area contributed by atoms with E-state index in [2.05, 4.69) is 16.0 Å². The van der Waals surface area contributed by atoms with E-state index in [4.69, 9.17) is 5.21 Å². The summed E-state index contributed by atoms with van der Waals surface area (Å²) in [5, 5.41) is 17.7. The third kappa shape index (κ3) is 7.10. The van der Waals surface area contributed by atoms with Gasteiger partial charge in [-0.3, -0.25) is 29.2 Å². The highest BCUT2D eigenvalue weighted by atomic mass is 16.5. The lowest BCUT2D eigenvalue weighted by atomic mass is 9.91. The molecule has 2 fully saturated rings. The van der Waals surface area contributed by atoms with Gasteiger partial charge < -0.3 is 20.9 Å². The topological polar surface area (TPSA) is 157 Å². The molecule has 5 amide bonds. The standard InChI is InChI=1S/C33H41N5O6/c39-28(37-44)17-6-2-5-15-25-29(40)36-33(20-23-13-7-8-14-24(23)21-33)32(43)35-26(19-22-11-3-1-4-12-22)31(42)38-18-10-9-16-27(38)30(41)34-25/h1,3-4,7-8,11-14,25-27,44H,2,5-6,9-10,15-21H2,(H,34,41)(H,35,43)(H,36,40)(H,37,39)/t25-,26-,27+/m0/s1. The minimum atomic E-state index is -1.33. The molecule has 3 atom stereocenters. The molecule has 2 saturated heterocycles. The molecule has 0 bridgehead atoms. The van der Waals surface area contributed by atoms with Gasteiger partial charge in [-0.1, -0.05) is 67.4 Å². The number of benzene rings is 2. The van der Waals surface area contributed by atoms with Crippen LogP contribution in [0.15, 0.2) is 54.6 Å². The number of amides is 5. The van der Waals surface area contributed by atoms with Crippen LogP contribution in [0.5, 0.6) is 0 Å². The Morgan fingerprint density at radius 3 is 2.27 bits per heavy atom. The van der Waals surface area contributed by atoms with Crippen LogP contribution in [-0.2, 0) is 43.2 Å². The normalized spacial score (nSPS) is 23.4. The van der Waals surface area contributed by atoms with E-state index in [9.17, 15) is 24.0 Å². The molecule has 11 heteroatoms. The van der Waals surface area contributed by atoms with Gasteiger partial charge in [0, 0.05) is 32.2 Å². The number of hydroxylamine groups is 1. The van der Waals surface area contributed by atoms with Crippen molar-refractivity contribution in [3.05, 3.63) is 71.3 Å². The third-order valence-corrected chi connectivity index (χ3v) is 9.03. The Balaban J connectivity index is 1.46. The first-order valence-electron chi connectivity index (χ1n) is 15.6. The minimum Gasteiger partial charge on any atom is -0.343 e. The van der Waals surface area contributed by atoms with Crippen LogP contribution in [0.2, 0.25) is 0 Å². The van der Waals surface area contributed by atoms with E-state index in [1.165, 1.54) is 0 Å². The number of rotatable bonds is 8. The SMILES string of the molecule is O=C(CCCCC[C@@H]1NC(=O)[C@H]2CCCCN2C(=O)[C@H](Cc2ccccc2)NC(=O)C2(Cc3ccccc3C2)NC1=O)NO. The average Bonchev–Trinajstić information content (AvgIpc) is 3.42. The zero-order chi connectivity index (χ0) is 31.1. The summed E-state index contributed by atoms with van der Waals surface area (Å²) in [6, 6.07) is 14.5. The summed E-state index contributed by atoms with van der Waals surface area (Å²) in [7, 11) is 0. The summed E-state index contributed by atoms with van der Waals surface area (Å²) in [4.78, 5) is 69.2. The molecule has 2 aromatic rings. The highest BCUT2D eigenvalue weighted by Crippen LogP contribution is 2.31. The van der Waals surface area contributed by atoms with Gasteiger partial charge in [0.25, 0.3) is 0 Å². The summed E-state index contributed by atoms with van der Waals surface area (Å²) >= 11 is 0. The van der Waals surface area contributed by atoms with Crippen LogP contribution in [0.3, 0.4) is 0 Å². The molecule has 1 aliphatic carbocycles. The average molecular weight is 604 g/mol. The molecule has 1 spiro atoms. The Morgan fingerprint density at radius 1 is 0.864 bits per heavy atom. The fourth-order valence-corrected chi connectivity index (χ4v) is 6.66. The van der Waals surface area contributed by atoms with Crippen LogP contribution in [0.25, 0.3) is 0 Å². The summed E-state index contributed by atoms with van der Waals surface area (Å²) in [5.41, 5.74) is 3.04. The van der Waals surface area contributed by atoms with Crippen LogP contribution < -0.4 is 21.4 Å². The monoisotopic (exact) mass is 603 g/mol.